The molecule has 3 amide bonds. The lowest BCUT2D eigenvalue weighted by Crippen LogP contribution is -2.57. The molecule has 0 bridgehead atoms. The molecule has 182 valence electrons. The molecule has 0 radical (unpaired) electrons. The van der Waals surface area contributed by atoms with Crippen molar-refractivity contribution in [2.75, 3.05) is 0 Å². The minimum Gasteiger partial charge on any atom is -0.434 e. The van der Waals surface area contributed by atoms with E-state index >= 15 is 0 Å². The number of carbonyl (C=O) groups excluding carboxylic acids is 4. The van der Waals surface area contributed by atoms with Crippen molar-refractivity contribution in [2.45, 2.75) is 62.6 Å². The number of aliphatic hydroxyl groups is 1. The first-order valence-electron chi connectivity index (χ1n) is 11.7. The van der Waals surface area contributed by atoms with E-state index in [4.69, 9.17) is 4.74 Å². The highest BCUT2D eigenvalue weighted by Crippen LogP contribution is 2.30. The van der Waals surface area contributed by atoms with Gasteiger partial charge in [-0.1, -0.05) is 36.4 Å². The number of amides is 3. The second-order valence-electron chi connectivity index (χ2n) is 9.04. The summed E-state index contributed by atoms with van der Waals surface area (Å²) < 4.78 is 4.69. The summed E-state index contributed by atoms with van der Waals surface area (Å²) in [6.07, 6.45) is 5.83. The van der Waals surface area contributed by atoms with Gasteiger partial charge in [0, 0.05) is 17.6 Å². The highest BCUT2D eigenvalue weighted by molar-refractivity contribution is 6.06. The molecule has 3 N–H and O–H groups in total. The zero-order chi connectivity index (χ0) is 24.5. The van der Waals surface area contributed by atoms with Crippen LogP contribution in [0, 0.1) is 0 Å². The van der Waals surface area contributed by atoms with Crippen LogP contribution in [0.4, 0.5) is 0 Å². The molecule has 5 rings (SSSR count). The molecule has 0 saturated carbocycles. The quantitative estimate of drug-likeness (QED) is 0.436. The SMILES string of the molecule is O=C1CC(NC(=O)[C@@H]2CC[C@H]3C/C=C\C[C@H](NC(=O)c4nccc5ccccc45)C(=O)N32)C(O)O1. The Bertz CT molecular complexity index is 1210. The molecule has 0 aliphatic carbocycles. The molecule has 10 nitrogen and oxygen atoms in total. The third kappa shape index (κ3) is 4.49. The number of esters is 1. The number of cyclic esters (lactones) is 1. The maximum Gasteiger partial charge on any atom is 0.310 e. The van der Waals surface area contributed by atoms with Crippen LogP contribution in [0.3, 0.4) is 0 Å². The van der Waals surface area contributed by atoms with Gasteiger partial charge in [-0.15, -0.1) is 0 Å². The van der Waals surface area contributed by atoms with Crippen molar-refractivity contribution >= 4 is 34.5 Å². The summed E-state index contributed by atoms with van der Waals surface area (Å²) >= 11 is 0. The number of nitrogens with one attached hydrogen (secondary N) is 2. The molecule has 2 aromatic rings. The van der Waals surface area contributed by atoms with Crippen molar-refractivity contribution in [1.29, 1.82) is 0 Å². The van der Waals surface area contributed by atoms with E-state index in [1.807, 2.05) is 36.4 Å². The number of nitrogens with zero attached hydrogens (tertiary/aromatic N) is 2. The number of benzene rings is 1. The van der Waals surface area contributed by atoms with E-state index in [2.05, 4.69) is 15.6 Å². The number of ether oxygens (including phenoxy) is 1. The van der Waals surface area contributed by atoms with Crippen LogP contribution in [-0.2, 0) is 19.1 Å². The molecule has 1 aromatic carbocycles. The minimum atomic E-state index is -1.41. The summed E-state index contributed by atoms with van der Waals surface area (Å²) in [7, 11) is 0. The van der Waals surface area contributed by atoms with Gasteiger partial charge >= 0.3 is 5.97 Å². The van der Waals surface area contributed by atoms with Gasteiger partial charge in [-0.3, -0.25) is 24.2 Å². The predicted octanol–water partition coefficient (Wildman–Crippen LogP) is 0.793. The Morgan fingerprint density at radius 1 is 1.06 bits per heavy atom. The van der Waals surface area contributed by atoms with Gasteiger partial charge in [0.15, 0.2) is 0 Å². The Morgan fingerprint density at radius 2 is 1.86 bits per heavy atom. The van der Waals surface area contributed by atoms with Crippen LogP contribution in [-0.4, -0.2) is 69.1 Å². The average Bonchev–Trinajstić information content (AvgIpc) is 3.40. The second kappa shape index (κ2) is 9.46. The van der Waals surface area contributed by atoms with Gasteiger partial charge in [0.1, 0.15) is 23.8 Å². The van der Waals surface area contributed by atoms with Gasteiger partial charge < -0.3 is 25.4 Å². The molecular formula is C25H26N4O6. The van der Waals surface area contributed by atoms with Crippen LogP contribution in [0.25, 0.3) is 10.8 Å². The lowest BCUT2D eigenvalue weighted by Gasteiger charge is -2.34. The van der Waals surface area contributed by atoms with Crippen molar-refractivity contribution in [3.05, 3.63) is 54.4 Å². The molecule has 10 heteroatoms. The lowest BCUT2D eigenvalue weighted by atomic mass is 10.0. The number of carbonyl (C=O) groups is 4. The molecular weight excluding hydrogens is 452 g/mol. The maximum absolute atomic E-state index is 13.6. The van der Waals surface area contributed by atoms with E-state index in [1.165, 1.54) is 0 Å². The molecule has 2 unspecified atom stereocenters. The third-order valence-electron chi connectivity index (χ3n) is 6.81. The first-order valence-corrected chi connectivity index (χ1v) is 11.7. The van der Waals surface area contributed by atoms with Gasteiger partial charge in [-0.25, -0.2) is 0 Å². The standard InChI is InChI=1S/C25H26N4O6/c30-20-13-18(25(34)35-20)28-22(31)19-10-9-15-6-2-4-8-17(24(33)29(15)19)27-23(32)21-16-7-3-1-5-14(16)11-12-26-21/h1-5,7,11-12,15,17-19,25,34H,6,8-10,13H2,(H,27,32)(H,28,31)/b4-2-/t15-,17+,18?,19+,25?/m1/s1. The van der Waals surface area contributed by atoms with Crippen molar-refractivity contribution in [1.82, 2.24) is 20.5 Å². The number of pyridine rings is 1. The van der Waals surface area contributed by atoms with E-state index in [-0.39, 0.29) is 30.5 Å². The summed E-state index contributed by atoms with van der Waals surface area (Å²) in [6.45, 7) is 0. The molecule has 5 atom stereocenters. The summed E-state index contributed by atoms with van der Waals surface area (Å²) in [5.74, 6) is -1.85. The number of hydrogen-bond acceptors (Lipinski definition) is 7. The topological polar surface area (TPSA) is 138 Å². The van der Waals surface area contributed by atoms with Crippen molar-refractivity contribution in [2.24, 2.45) is 0 Å². The smallest absolute Gasteiger partial charge is 0.310 e. The van der Waals surface area contributed by atoms with Crippen LogP contribution >= 0.6 is 0 Å². The first-order chi connectivity index (χ1) is 16.9. The van der Waals surface area contributed by atoms with Crippen LogP contribution in [0.15, 0.2) is 48.7 Å². The Hall–Kier alpha value is -3.79. The second-order valence-corrected chi connectivity index (χ2v) is 9.04. The Morgan fingerprint density at radius 3 is 2.66 bits per heavy atom. The highest BCUT2D eigenvalue weighted by atomic mass is 16.6. The number of hydrogen-bond donors (Lipinski definition) is 3. The van der Waals surface area contributed by atoms with Crippen LogP contribution < -0.4 is 10.6 Å². The van der Waals surface area contributed by atoms with Crippen molar-refractivity contribution in [3.63, 3.8) is 0 Å². The third-order valence-corrected chi connectivity index (χ3v) is 6.81. The van der Waals surface area contributed by atoms with Gasteiger partial charge in [0.05, 0.1) is 6.42 Å². The molecule has 1 aromatic heterocycles. The fourth-order valence-corrected chi connectivity index (χ4v) is 5.07. The maximum atomic E-state index is 13.6. The highest BCUT2D eigenvalue weighted by Gasteiger charge is 2.45. The van der Waals surface area contributed by atoms with E-state index in [9.17, 15) is 24.3 Å². The van der Waals surface area contributed by atoms with Gasteiger partial charge in [0.25, 0.3) is 5.91 Å². The fourth-order valence-electron chi connectivity index (χ4n) is 5.07. The number of rotatable bonds is 4. The lowest BCUT2D eigenvalue weighted by molar-refractivity contribution is -0.155. The van der Waals surface area contributed by atoms with Crippen molar-refractivity contribution in [3.8, 4) is 0 Å². The average molecular weight is 479 g/mol. The molecule has 2 fully saturated rings. The Kier molecular flexibility index (Phi) is 6.21. The normalized spacial score (nSPS) is 29.2. The van der Waals surface area contributed by atoms with Crippen molar-refractivity contribution < 1.29 is 29.0 Å². The summed E-state index contributed by atoms with van der Waals surface area (Å²) in [6, 6.07) is 6.53. The van der Waals surface area contributed by atoms with Gasteiger partial charge in [-0.05, 0) is 37.1 Å². The van der Waals surface area contributed by atoms with E-state index in [0.29, 0.717) is 24.6 Å². The predicted molar refractivity (Wildman–Crippen MR) is 124 cm³/mol. The van der Waals surface area contributed by atoms with E-state index in [1.54, 1.807) is 17.2 Å². The Balaban J connectivity index is 1.35. The summed E-state index contributed by atoms with van der Waals surface area (Å²) in [5.41, 5.74) is 0.231. The molecule has 2 saturated heterocycles. The fraction of sp³-hybridized carbons (Fsp3) is 0.400. The van der Waals surface area contributed by atoms with E-state index in [0.717, 1.165) is 5.39 Å². The van der Waals surface area contributed by atoms with Gasteiger partial charge in [-0.2, -0.15) is 0 Å². The van der Waals surface area contributed by atoms with E-state index < -0.39 is 42.2 Å². The summed E-state index contributed by atoms with van der Waals surface area (Å²) in [5, 5.41) is 16.9. The zero-order valence-corrected chi connectivity index (χ0v) is 18.9. The number of fused-ring (bicyclic) bond motifs is 2. The molecule has 3 aliphatic heterocycles. The first kappa shape index (κ1) is 23.0. The van der Waals surface area contributed by atoms with Crippen LogP contribution in [0.2, 0.25) is 0 Å². The monoisotopic (exact) mass is 478 g/mol. The zero-order valence-electron chi connectivity index (χ0n) is 18.9. The summed E-state index contributed by atoms with van der Waals surface area (Å²) in [4.78, 5) is 57.0. The largest absolute Gasteiger partial charge is 0.434 e. The number of aromatic nitrogens is 1. The molecule has 4 heterocycles. The van der Waals surface area contributed by atoms with Crippen LogP contribution in [0.1, 0.15) is 42.6 Å². The Labute approximate surface area is 201 Å². The molecule has 0 spiro atoms. The molecule has 35 heavy (non-hydrogen) atoms. The van der Waals surface area contributed by atoms with Crippen LogP contribution in [0.5, 0.6) is 0 Å². The molecule has 3 aliphatic rings. The number of aliphatic hydroxyl groups excluding tert-OH is 1. The van der Waals surface area contributed by atoms with Gasteiger partial charge in [0.2, 0.25) is 18.1 Å². The minimum absolute atomic E-state index is 0.129.